The number of carboxylic acid groups (broad SMARTS) is 1. The predicted octanol–water partition coefficient (Wildman–Crippen LogP) is 3.09. The van der Waals surface area contributed by atoms with Crippen LogP contribution in [0.25, 0.3) is 11.1 Å². The van der Waals surface area contributed by atoms with Crippen LogP contribution < -0.4 is 9.57 Å². The molecule has 3 aromatic rings. The molecule has 0 aliphatic rings. The molecule has 25 heavy (non-hydrogen) atoms. The Kier molecular flexibility index (Phi) is 4.55. The Morgan fingerprint density at radius 3 is 2.48 bits per heavy atom. The van der Waals surface area contributed by atoms with Gasteiger partial charge in [-0.15, -0.1) is 5.10 Å². The number of para-hydroxylation sites is 1. The highest BCUT2D eigenvalue weighted by Gasteiger charge is 2.12. The first-order chi connectivity index (χ1) is 12.0. The Balaban J connectivity index is 1.79. The Hall–Kier alpha value is -3.49. The maximum Gasteiger partial charge on any atom is 0.387 e. The van der Waals surface area contributed by atoms with Crippen LogP contribution in [0.5, 0.6) is 11.5 Å². The molecule has 0 amide bonds. The summed E-state index contributed by atoms with van der Waals surface area (Å²) < 4.78 is 29.5. The van der Waals surface area contributed by atoms with Crippen LogP contribution >= 0.6 is 0 Å². The van der Waals surface area contributed by atoms with Crippen molar-refractivity contribution in [3.63, 3.8) is 0 Å². The highest BCUT2D eigenvalue weighted by atomic mass is 19.3. The summed E-state index contributed by atoms with van der Waals surface area (Å²) in [7, 11) is 0. The molecule has 0 saturated carbocycles. The van der Waals surface area contributed by atoms with Crippen LogP contribution in [0, 0.1) is 0 Å². The van der Waals surface area contributed by atoms with Gasteiger partial charge in [0.15, 0.2) is 11.4 Å². The van der Waals surface area contributed by atoms with Gasteiger partial charge in [0.05, 0.1) is 0 Å². The molecule has 0 bridgehead atoms. The minimum atomic E-state index is -2.92. The molecule has 1 N–H and O–H groups in total. The first kappa shape index (κ1) is 16.4. The Bertz CT molecular complexity index is 881. The predicted molar refractivity (Wildman–Crippen MR) is 81.5 cm³/mol. The monoisotopic (exact) mass is 347 g/mol. The average molecular weight is 347 g/mol. The molecule has 0 aliphatic heterocycles. The Labute approximate surface area is 140 Å². The lowest BCUT2D eigenvalue weighted by molar-refractivity contribution is -0.0494. The number of rotatable bonds is 6. The molecule has 9 heteroatoms. The SMILES string of the molecule is O=C(O)c1cn(Oc2ccc(-c3ccccc3OC(F)F)cc2)nn1. The minimum absolute atomic E-state index is 0.0635. The molecule has 0 atom stereocenters. The number of benzene rings is 2. The normalized spacial score (nSPS) is 10.7. The van der Waals surface area contributed by atoms with E-state index in [1.807, 2.05) is 0 Å². The van der Waals surface area contributed by atoms with Crippen LogP contribution in [0.2, 0.25) is 0 Å². The lowest BCUT2D eigenvalue weighted by Crippen LogP contribution is -2.05. The van der Waals surface area contributed by atoms with Crippen molar-refractivity contribution >= 4 is 5.97 Å². The highest BCUT2D eigenvalue weighted by molar-refractivity contribution is 5.84. The fourth-order valence-electron chi connectivity index (χ4n) is 2.10. The van der Waals surface area contributed by atoms with E-state index in [0.717, 1.165) is 11.0 Å². The van der Waals surface area contributed by atoms with Crippen molar-refractivity contribution in [2.24, 2.45) is 0 Å². The first-order valence-corrected chi connectivity index (χ1v) is 7.01. The zero-order valence-electron chi connectivity index (χ0n) is 12.5. The summed E-state index contributed by atoms with van der Waals surface area (Å²) in [6.07, 6.45) is 1.11. The van der Waals surface area contributed by atoms with Crippen LogP contribution in [0.4, 0.5) is 8.78 Å². The molecule has 0 spiro atoms. The maximum absolute atomic E-state index is 12.5. The van der Waals surface area contributed by atoms with Crippen LogP contribution in [0.1, 0.15) is 10.5 Å². The van der Waals surface area contributed by atoms with E-state index >= 15 is 0 Å². The van der Waals surface area contributed by atoms with Gasteiger partial charge in [-0.3, -0.25) is 0 Å². The molecule has 1 heterocycles. The fraction of sp³-hybridized carbons (Fsp3) is 0.0625. The molecule has 128 valence electrons. The standard InChI is InChI=1S/C16H11F2N3O4/c17-16(18)24-14-4-2-1-3-12(14)10-5-7-11(8-6-10)25-21-9-13(15(22)23)19-20-21/h1-9,16H,(H,22,23). The van der Waals surface area contributed by atoms with Gasteiger partial charge in [0.25, 0.3) is 0 Å². The van der Waals surface area contributed by atoms with Crippen molar-refractivity contribution in [1.29, 1.82) is 0 Å². The number of halogens is 2. The summed E-state index contributed by atoms with van der Waals surface area (Å²) in [5.74, 6) is -0.799. The van der Waals surface area contributed by atoms with Gasteiger partial charge in [-0.1, -0.05) is 35.2 Å². The van der Waals surface area contributed by atoms with Crippen LogP contribution in [0.3, 0.4) is 0 Å². The van der Waals surface area contributed by atoms with E-state index in [2.05, 4.69) is 15.0 Å². The Morgan fingerprint density at radius 1 is 1.12 bits per heavy atom. The molecule has 0 fully saturated rings. The molecular weight excluding hydrogens is 336 g/mol. The topological polar surface area (TPSA) is 86.5 Å². The van der Waals surface area contributed by atoms with E-state index < -0.39 is 12.6 Å². The number of aromatic carboxylic acids is 1. The molecule has 2 aromatic carbocycles. The number of nitrogens with zero attached hydrogens (tertiary/aromatic N) is 3. The highest BCUT2D eigenvalue weighted by Crippen LogP contribution is 2.31. The number of ether oxygens (including phenoxy) is 1. The molecule has 3 rings (SSSR count). The number of hydrogen-bond acceptors (Lipinski definition) is 5. The number of alkyl halides is 2. The van der Waals surface area contributed by atoms with Gasteiger partial charge in [0.2, 0.25) is 0 Å². The van der Waals surface area contributed by atoms with Crippen molar-refractivity contribution in [1.82, 2.24) is 15.2 Å². The van der Waals surface area contributed by atoms with Gasteiger partial charge in [-0.25, -0.2) is 4.79 Å². The molecule has 0 aliphatic carbocycles. The second-order valence-electron chi connectivity index (χ2n) is 4.80. The molecular formula is C16H11F2N3O4. The van der Waals surface area contributed by atoms with E-state index in [9.17, 15) is 13.6 Å². The largest absolute Gasteiger partial charge is 0.476 e. The second-order valence-corrected chi connectivity index (χ2v) is 4.80. The third-order valence-corrected chi connectivity index (χ3v) is 3.16. The van der Waals surface area contributed by atoms with Gasteiger partial charge in [0, 0.05) is 5.56 Å². The van der Waals surface area contributed by atoms with Crippen LogP contribution in [-0.4, -0.2) is 32.8 Å². The van der Waals surface area contributed by atoms with Crippen molar-refractivity contribution in [2.75, 3.05) is 0 Å². The molecule has 1 aromatic heterocycles. The summed E-state index contributed by atoms with van der Waals surface area (Å²) >= 11 is 0. The maximum atomic E-state index is 12.5. The van der Waals surface area contributed by atoms with Crippen LogP contribution in [-0.2, 0) is 0 Å². The average Bonchev–Trinajstić information content (AvgIpc) is 3.04. The lowest BCUT2D eigenvalue weighted by atomic mass is 10.0. The summed E-state index contributed by atoms with van der Waals surface area (Å²) in [5.41, 5.74) is 0.895. The van der Waals surface area contributed by atoms with Crippen molar-refractivity contribution < 1.29 is 28.3 Å². The van der Waals surface area contributed by atoms with Gasteiger partial charge < -0.3 is 14.7 Å². The van der Waals surface area contributed by atoms with Gasteiger partial charge in [-0.2, -0.15) is 8.78 Å². The molecule has 0 unspecified atom stereocenters. The fourth-order valence-corrected chi connectivity index (χ4v) is 2.10. The van der Waals surface area contributed by atoms with Gasteiger partial charge in [-0.05, 0) is 29.0 Å². The second kappa shape index (κ2) is 6.95. The molecule has 7 nitrogen and oxygen atoms in total. The quantitative estimate of drug-likeness (QED) is 0.737. The summed E-state index contributed by atoms with van der Waals surface area (Å²) in [6, 6.07) is 12.9. The summed E-state index contributed by atoms with van der Waals surface area (Å²) in [6.45, 7) is -2.92. The number of carboxylic acids is 1. The lowest BCUT2D eigenvalue weighted by Gasteiger charge is -2.11. The zero-order chi connectivity index (χ0) is 17.8. The number of hydrogen-bond donors (Lipinski definition) is 1. The Morgan fingerprint density at radius 2 is 1.84 bits per heavy atom. The van der Waals surface area contributed by atoms with E-state index in [0.29, 0.717) is 16.9 Å². The summed E-state index contributed by atoms with van der Waals surface area (Å²) in [5, 5.41) is 15.7. The van der Waals surface area contributed by atoms with E-state index in [4.69, 9.17) is 9.94 Å². The molecule has 0 radical (unpaired) electrons. The minimum Gasteiger partial charge on any atom is -0.476 e. The number of carbonyl (C=O) groups is 1. The van der Waals surface area contributed by atoms with E-state index in [1.54, 1.807) is 42.5 Å². The van der Waals surface area contributed by atoms with Crippen molar-refractivity contribution in [2.45, 2.75) is 6.61 Å². The van der Waals surface area contributed by atoms with E-state index in [1.165, 1.54) is 6.07 Å². The third-order valence-electron chi connectivity index (χ3n) is 3.16. The van der Waals surface area contributed by atoms with Crippen molar-refractivity contribution in [3.8, 4) is 22.6 Å². The third kappa shape index (κ3) is 3.89. The molecule has 0 saturated heterocycles. The van der Waals surface area contributed by atoms with Gasteiger partial charge >= 0.3 is 12.6 Å². The summed E-state index contributed by atoms with van der Waals surface area (Å²) in [4.78, 5) is 17.0. The van der Waals surface area contributed by atoms with Crippen LogP contribution in [0.15, 0.2) is 54.7 Å². The van der Waals surface area contributed by atoms with Gasteiger partial charge in [0.1, 0.15) is 11.9 Å². The smallest absolute Gasteiger partial charge is 0.387 e. The van der Waals surface area contributed by atoms with Crippen molar-refractivity contribution in [3.05, 3.63) is 60.4 Å². The first-order valence-electron chi connectivity index (χ1n) is 7.01. The van der Waals surface area contributed by atoms with E-state index in [-0.39, 0.29) is 11.4 Å². The zero-order valence-corrected chi connectivity index (χ0v) is 12.5. The number of aromatic nitrogens is 3.